The van der Waals surface area contributed by atoms with Crippen molar-refractivity contribution < 1.29 is 22.7 Å². The minimum atomic E-state index is -0.571. The van der Waals surface area contributed by atoms with Gasteiger partial charge in [-0.1, -0.05) is 0 Å². The van der Waals surface area contributed by atoms with Crippen LogP contribution in [0.5, 0.6) is 5.75 Å². The van der Waals surface area contributed by atoms with Crippen molar-refractivity contribution in [1.82, 2.24) is 9.78 Å². The van der Waals surface area contributed by atoms with Crippen LogP contribution in [0.1, 0.15) is 11.1 Å². The third-order valence-corrected chi connectivity index (χ3v) is 4.57. The van der Waals surface area contributed by atoms with E-state index in [0.29, 0.717) is 22.7 Å². The first-order chi connectivity index (χ1) is 14.9. The Kier molecular flexibility index (Phi) is 5.48. The Morgan fingerprint density at radius 2 is 1.97 bits per heavy atom. The molecule has 2 heterocycles. The van der Waals surface area contributed by atoms with Crippen molar-refractivity contribution in [3.63, 3.8) is 0 Å². The standard InChI is InChI=1S/C22H17F2N3O4/c1-13-10-25-27(11-15-8-16(23)4-6-18(15)24)22(13)26-20(28)12-30-17-5-2-14-3-7-21(29)31-19(14)9-17/h2-10H,11-12H2,1H3,(H,26,28). The molecule has 4 aromatic rings. The zero-order valence-corrected chi connectivity index (χ0v) is 16.4. The number of amides is 1. The second kappa shape index (κ2) is 8.39. The van der Waals surface area contributed by atoms with E-state index in [2.05, 4.69) is 10.4 Å². The SMILES string of the molecule is Cc1cnn(Cc2cc(F)ccc2F)c1NC(=O)COc1ccc2ccc(=O)oc2c1. The van der Waals surface area contributed by atoms with E-state index in [9.17, 15) is 18.4 Å². The van der Waals surface area contributed by atoms with Gasteiger partial charge in [0.05, 0.1) is 12.7 Å². The zero-order valence-electron chi connectivity index (χ0n) is 16.4. The number of anilines is 1. The van der Waals surface area contributed by atoms with Gasteiger partial charge in [-0.05, 0) is 43.3 Å². The monoisotopic (exact) mass is 425 g/mol. The van der Waals surface area contributed by atoms with Crippen molar-refractivity contribution in [3.05, 3.63) is 87.9 Å². The van der Waals surface area contributed by atoms with Crippen LogP contribution in [-0.2, 0) is 11.3 Å². The van der Waals surface area contributed by atoms with Crippen molar-refractivity contribution in [2.75, 3.05) is 11.9 Å². The highest BCUT2D eigenvalue weighted by molar-refractivity contribution is 5.91. The summed E-state index contributed by atoms with van der Waals surface area (Å²) in [5, 5.41) is 7.52. The third-order valence-electron chi connectivity index (χ3n) is 4.57. The molecule has 2 aromatic heterocycles. The molecule has 9 heteroatoms. The molecule has 0 unspecified atom stereocenters. The van der Waals surface area contributed by atoms with Crippen LogP contribution in [0.4, 0.5) is 14.6 Å². The van der Waals surface area contributed by atoms with Crippen molar-refractivity contribution in [2.45, 2.75) is 13.5 Å². The summed E-state index contributed by atoms with van der Waals surface area (Å²) < 4.78 is 39.3. The van der Waals surface area contributed by atoms with Crippen molar-refractivity contribution in [3.8, 4) is 5.75 Å². The molecule has 0 bridgehead atoms. The molecular formula is C22H17F2N3O4. The van der Waals surface area contributed by atoms with Crippen molar-refractivity contribution in [2.24, 2.45) is 0 Å². The lowest BCUT2D eigenvalue weighted by atomic mass is 10.2. The molecule has 0 aliphatic heterocycles. The number of hydrogen-bond acceptors (Lipinski definition) is 5. The van der Waals surface area contributed by atoms with Gasteiger partial charge < -0.3 is 14.5 Å². The molecule has 158 valence electrons. The quantitative estimate of drug-likeness (QED) is 0.477. The number of rotatable bonds is 6. The maximum absolute atomic E-state index is 14.0. The maximum Gasteiger partial charge on any atom is 0.336 e. The first-order valence-corrected chi connectivity index (χ1v) is 9.32. The molecule has 0 aliphatic carbocycles. The molecule has 0 saturated heterocycles. The van der Waals surface area contributed by atoms with Crippen molar-refractivity contribution in [1.29, 1.82) is 0 Å². The molecule has 7 nitrogen and oxygen atoms in total. The van der Waals surface area contributed by atoms with Gasteiger partial charge in [0, 0.05) is 28.6 Å². The maximum atomic E-state index is 14.0. The Balaban J connectivity index is 1.45. The molecule has 4 rings (SSSR count). The Morgan fingerprint density at radius 3 is 2.81 bits per heavy atom. The highest BCUT2D eigenvalue weighted by atomic mass is 19.1. The first kappa shape index (κ1) is 20.3. The highest BCUT2D eigenvalue weighted by Gasteiger charge is 2.14. The molecule has 0 aliphatic rings. The molecule has 0 fully saturated rings. The molecule has 2 aromatic carbocycles. The number of carbonyl (C=O) groups is 1. The van der Waals surface area contributed by atoms with Crippen LogP contribution in [0.3, 0.4) is 0 Å². The summed E-state index contributed by atoms with van der Waals surface area (Å²) in [5.41, 5.74) is 0.613. The van der Waals surface area contributed by atoms with Gasteiger partial charge in [0.1, 0.15) is 28.8 Å². The van der Waals surface area contributed by atoms with Crippen LogP contribution in [0.15, 0.2) is 63.9 Å². The number of carbonyl (C=O) groups excluding carboxylic acids is 1. The smallest absolute Gasteiger partial charge is 0.336 e. The molecule has 0 spiro atoms. The minimum absolute atomic E-state index is 0.0579. The van der Waals surface area contributed by atoms with Crippen molar-refractivity contribution >= 4 is 22.7 Å². The summed E-state index contributed by atoms with van der Waals surface area (Å²) in [4.78, 5) is 23.7. The average Bonchev–Trinajstić information content (AvgIpc) is 3.08. The molecule has 0 atom stereocenters. The van der Waals surface area contributed by atoms with E-state index in [4.69, 9.17) is 9.15 Å². The molecule has 31 heavy (non-hydrogen) atoms. The van der Waals surface area contributed by atoms with Gasteiger partial charge in [0.25, 0.3) is 5.91 Å². The Labute approximate surface area is 174 Å². The highest BCUT2D eigenvalue weighted by Crippen LogP contribution is 2.20. The number of ether oxygens (including phenoxy) is 1. The fourth-order valence-corrected chi connectivity index (χ4v) is 3.04. The van der Waals surface area contributed by atoms with E-state index in [1.807, 2.05) is 0 Å². The Bertz CT molecular complexity index is 1330. The van der Waals surface area contributed by atoms with Gasteiger partial charge in [-0.2, -0.15) is 5.10 Å². The first-order valence-electron chi connectivity index (χ1n) is 9.32. The minimum Gasteiger partial charge on any atom is -0.484 e. The van der Waals surface area contributed by atoms with E-state index in [1.165, 1.54) is 23.0 Å². The molecular weight excluding hydrogens is 408 g/mol. The fraction of sp³-hybridized carbons (Fsp3) is 0.136. The lowest BCUT2D eigenvalue weighted by Crippen LogP contribution is -2.23. The number of benzene rings is 2. The number of nitrogens with one attached hydrogen (secondary N) is 1. The lowest BCUT2D eigenvalue weighted by molar-refractivity contribution is -0.118. The Morgan fingerprint density at radius 1 is 1.16 bits per heavy atom. The van der Waals surface area contributed by atoms with Crippen LogP contribution >= 0.6 is 0 Å². The van der Waals surface area contributed by atoms with Gasteiger partial charge in [0.15, 0.2) is 6.61 Å². The number of nitrogens with zero attached hydrogens (tertiary/aromatic N) is 2. The lowest BCUT2D eigenvalue weighted by Gasteiger charge is -2.12. The topological polar surface area (TPSA) is 86.4 Å². The Hall–Kier alpha value is -4.01. The van der Waals surface area contributed by atoms with Gasteiger partial charge in [-0.15, -0.1) is 0 Å². The van der Waals surface area contributed by atoms with Gasteiger partial charge >= 0.3 is 5.63 Å². The molecule has 1 N–H and O–H groups in total. The molecule has 1 amide bonds. The summed E-state index contributed by atoms with van der Waals surface area (Å²) in [6, 6.07) is 11.0. The summed E-state index contributed by atoms with van der Waals surface area (Å²) in [5.74, 6) is -0.909. The van der Waals surface area contributed by atoms with E-state index in [-0.39, 0.29) is 18.7 Å². The molecule has 0 saturated carbocycles. The number of hydrogen-bond donors (Lipinski definition) is 1. The number of aryl methyl sites for hydroxylation is 1. The summed E-state index contributed by atoms with van der Waals surface area (Å²) in [7, 11) is 0. The van der Waals surface area contributed by atoms with Gasteiger partial charge in [0.2, 0.25) is 0 Å². The summed E-state index contributed by atoms with van der Waals surface area (Å²) >= 11 is 0. The van der Waals surface area contributed by atoms with Gasteiger partial charge in [-0.25, -0.2) is 18.3 Å². The second-order valence-electron chi connectivity index (χ2n) is 6.86. The zero-order chi connectivity index (χ0) is 22.0. The predicted molar refractivity (Wildman–Crippen MR) is 109 cm³/mol. The predicted octanol–water partition coefficient (Wildman–Crippen LogP) is 3.64. The number of fused-ring (bicyclic) bond motifs is 1. The van der Waals surface area contributed by atoms with Gasteiger partial charge in [-0.3, -0.25) is 4.79 Å². The second-order valence-corrected chi connectivity index (χ2v) is 6.86. The van der Waals surface area contributed by atoms with Crippen LogP contribution in [0.25, 0.3) is 11.0 Å². The average molecular weight is 425 g/mol. The van der Waals surface area contributed by atoms with Crippen LogP contribution in [-0.4, -0.2) is 22.3 Å². The van der Waals surface area contributed by atoms with Crippen LogP contribution in [0.2, 0.25) is 0 Å². The number of halogens is 2. The number of aromatic nitrogens is 2. The van der Waals surface area contributed by atoms with E-state index < -0.39 is 23.2 Å². The summed E-state index contributed by atoms with van der Waals surface area (Å²) in [6.45, 7) is 1.35. The fourth-order valence-electron chi connectivity index (χ4n) is 3.04. The van der Waals surface area contributed by atoms with Crippen LogP contribution < -0.4 is 15.7 Å². The largest absolute Gasteiger partial charge is 0.484 e. The summed E-state index contributed by atoms with van der Waals surface area (Å²) in [6.07, 6.45) is 1.51. The molecule has 0 radical (unpaired) electrons. The van der Waals surface area contributed by atoms with E-state index >= 15 is 0 Å². The third kappa shape index (κ3) is 4.61. The van der Waals surface area contributed by atoms with Crippen LogP contribution in [0, 0.1) is 18.6 Å². The van der Waals surface area contributed by atoms with E-state index in [1.54, 1.807) is 25.1 Å². The normalized spacial score (nSPS) is 10.9. The van der Waals surface area contributed by atoms with E-state index in [0.717, 1.165) is 23.6 Å².